The maximum atomic E-state index is 12.2. The maximum Gasteiger partial charge on any atom is 0.226 e. The van der Waals surface area contributed by atoms with E-state index < -0.39 is 0 Å². The number of aliphatic hydroxyl groups excluding tert-OH is 1. The molecule has 0 heterocycles. The van der Waals surface area contributed by atoms with Crippen LogP contribution in [-0.4, -0.2) is 23.7 Å². The van der Waals surface area contributed by atoms with Crippen LogP contribution in [0, 0.1) is 5.41 Å². The van der Waals surface area contributed by atoms with E-state index in [9.17, 15) is 4.79 Å². The minimum atomic E-state index is -0.0898. The predicted molar refractivity (Wildman–Crippen MR) is 65.1 cm³/mol. The molecule has 0 spiro atoms. The summed E-state index contributed by atoms with van der Waals surface area (Å²) in [5.41, 5.74) is -0.0898. The van der Waals surface area contributed by atoms with Crippen molar-refractivity contribution in [1.29, 1.82) is 0 Å². The van der Waals surface area contributed by atoms with Crippen molar-refractivity contribution in [2.24, 2.45) is 5.41 Å². The number of amides is 1. The molecule has 0 aromatic rings. The molecular formula is C13H25NO2. The molecule has 0 bridgehead atoms. The first-order chi connectivity index (χ1) is 7.64. The molecule has 1 atom stereocenters. The van der Waals surface area contributed by atoms with Crippen molar-refractivity contribution >= 4 is 5.91 Å². The summed E-state index contributed by atoms with van der Waals surface area (Å²) in [6, 6.07) is 0.184. The first-order valence-corrected chi connectivity index (χ1v) is 6.56. The molecule has 0 radical (unpaired) electrons. The zero-order valence-corrected chi connectivity index (χ0v) is 10.6. The van der Waals surface area contributed by atoms with Crippen molar-refractivity contribution in [2.45, 2.75) is 64.8 Å². The highest BCUT2D eigenvalue weighted by atomic mass is 16.2. The van der Waals surface area contributed by atoms with Crippen LogP contribution in [0.25, 0.3) is 0 Å². The van der Waals surface area contributed by atoms with Gasteiger partial charge in [0.25, 0.3) is 0 Å². The van der Waals surface area contributed by atoms with Crippen LogP contribution in [0.5, 0.6) is 0 Å². The van der Waals surface area contributed by atoms with Gasteiger partial charge in [0.05, 0.1) is 0 Å². The number of carbonyl (C=O) groups is 1. The van der Waals surface area contributed by atoms with Crippen molar-refractivity contribution in [3.05, 3.63) is 0 Å². The number of carbonyl (C=O) groups excluding carboxylic acids is 1. The summed E-state index contributed by atoms with van der Waals surface area (Å²) >= 11 is 0. The van der Waals surface area contributed by atoms with Crippen LogP contribution in [0.4, 0.5) is 0 Å². The zero-order valence-electron chi connectivity index (χ0n) is 10.6. The second-order valence-electron chi connectivity index (χ2n) is 5.08. The van der Waals surface area contributed by atoms with Gasteiger partial charge in [0.2, 0.25) is 5.91 Å². The topological polar surface area (TPSA) is 49.3 Å². The van der Waals surface area contributed by atoms with Crippen LogP contribution in [0.1, 0.15) is 58.8 Å². The van der Waals surface area contributed by atoms with Gasteiger partial charge in [0.1, 0.15) is 0 Å². The van der Waals surface area contributed by atoms with Crippen molar-refractivity contribution in [1.82, 2.24) is 5.32 Å². The van der Waals surface area contributed by atoms with E-state index in [1.54, 1.807) is 0 Å². The normalized spacial score (nSPS) is 20.7. The van der Waals surface area contributed by atoms with E-state index in [-0.39, 0.29) is 24.0 Å². The molecule has 2 N–H and O–H groups in total. The van der Waals surface area contributed by atoms with Gasteiger partial charge in [0.15, 0.2) is 0 Å². The van der Waals surface area contributed by atoms with Crippen LogP contribution in [0.15, 0.2) is 0 Å². The lowest BCUT2D eigenvalue weighted by atomic mass is 9.82. The molecule has 1 unspecified atom stereocenters. The molecule has 16 heavy (non-hydrogen) atoms. The Hall–Kier alpha value is -0.570. The lowest BCUT2D eigenvalue weighted by Gasteiger charge is -2.28. The minimum absolute atomic E-state index is 0.0898. The molecule has 1 amide bonds. The molecule has 0 aromatic heterocycles. The van der Waals surface area contributed by atoms with Crippen LogP contribution in [-0.2, 0) is 4.79 Å². The zero-order chi connectivity index (χ0) is 12.0. The summed E-state index contributed by atoms with van der Waals surface area (Å²) in [6.45, 7) is 4.34. The fourth-order valence-corrected chi connectivity index (χ4v) is 2.64. The van der Waals surface area contributed by atoms with E-state index in [4.69, 9.17) is 5.11 Å². The van der Waals surface area contributed by atoms with Crippen LogP contribution >= 0.6 is 0 Å². The lowest BCUT2D eigenvalue weighted by Crippen LogP contribution is -2.43. The first kappa shape index (κ1) is 13.5. The molecule has 0 aromatic carbocycles. The average Bonchev–Trinajstić information content (AvgIpc) is 2.76. The summed E-state index contributed by atoms with van der Waals surface area (Å²) in [6.07, 6.45) is 7.04. The monoisotopic (exact) mass is 227 g/mol. The quantitative estimate of drug-likeness (QED) is 0.731. The molecule has 1 aliphatic carbocycles. The summed E-state index contributed by atoms with van der Waals surface area (Å²) < 4.78 is 0. The number of rotatable bonds is 6. The first-order valence-electron chi connectivity index (χ1n) is 6.56. The van der Waals surface area contributed by atoms with E-state index in [1.165, 1.54) is 12.8 Å². The van der Waals surface area contributed by atoms with Crippen molar-refractivity contribution in [3.8, 4) is 0 Å². The third-order valence-electron chi connectivity index (χ3n) is 3.89. The third kappa shape index (κ3) is 3.21. The summed E-state index contributed by atoms with van der Waals surface area (Å²) in [5, 5.41) is 11.8. The summed E-state index contributed by atoms with van der Waals surface area (Å²) in [7, 11) is 0. The Kier molecular flexibility index (Phi) is 5.26. The molecular weight excluding hydrogens is 202 g/mol. The van der Waals surface area contributed by atoms with Gasteiger partial charge >= 0.3 is 0 Å². The number of aliphatic hydroxyl groups is 1. The second-order valence-corrected chi connectivity index (χ2v) is 5.08. The summed E-state index contributed by atoms with van der Waals surface area (Å²) in [5.74, 6) is 0.234. The molecule has 0 aliphatic heterocycles. The van der Waals surface area contributed by atoms with E-state index in [0.29, 0.717) is 0 Å². The lowest BCUT2D eigenvalue weighted by molar-refractivity contribution is -0.131. The molecule has 94 valence electrons. The van der Waals surface area contributed by atoms with Crippen molar-refractivity contribution in [2.75, 3.05) is 6.61 Å². The molecule has 1 saturated carbocycles. The van der Waals surface area contributed by atoms with Crippen molar-refractivity contribution in [3.63, 3.8) is 0 Å². The van der Waals surface area contributed by atoms with Crippen LogP contribution < -0.4 is 5.32 Å². The van der Waals surface area contributed by atoms with E-state index in [2.05, 4.69) is 12.2 Å². The van der Waals surface area contributed by atoms with Gasteiger partial charge in [-0.2, -0.15) is 0 Å². The standard InChI is InChI=1S/C13H25NO2/c1-3-13(8-4-5-9-13)12(16)14-11(2)7-6-10-15/h11,15H,3-10H2,1-2H3,(H,14,16). The Morgan fingerprint density at radius 2 is 2.06 bits per heavy atom. The van der Waals surface area contributed by atoms with Gasteiger partial charge in [-0.25, -0.2) is 0 Å². The fourth-order valence-electron chi connectivity index (χ4n) is 2.64. The average molecular weight is 227 g/mol. The van der Waals surface area contributed by atoms with Gasteiger partial charge in [0, 0.05) is 18.1 Å². The predicted octanol–water partition coefficient (Wildman–Crippen LogP) is 2.23. The van der Waals surface area contributed by atoms with Gasteiger partial charge in [-0.05, 0) is 39.0 Å². The SMILES string of the molecule is CCC1(C(=O)NC(C)CCCO)CCCC1. The number of hydrogen-bond donors (Lipinski definition) is 2. The van der Waals surface area contributed by atoms with Gasteiger partial charge < -0.3 is 10.4 Å². The Bertz CT molecular complexity index is 222. The molecule has 3 heteroatoms. The molecule has 1 fully saturated rings. The summed E-state index contributed by atoms with van der Waals surface area (Å²) in [4.78, 5) is 12.2. The molecule has 1 aliphatic rings. The minimum Gasteiger partial charge on any atom is -0.396 e. The maximum absolute atomic E-state index is 12.2. The largest absolute Gasteiger partial charge is 0.396 e. The van der Waals surface area contributed by atoms with E-state index in [1.807, 2.05) is 6.92 Å². The number of hydrogen-bond acceptors (Lipinski definition) is 2. The van der Waals surface area contributed by atoms with Gasteiger partial charge in [-0.1, -0.05) is 19.8 Å². The van der Waals surface area contributed by atoms with E-state index in [0.717, 1.165) is 32.1 Å². The highest BCUT2D eigenvalue weighted by Gasteiger charge is 2.39. The highest BCUT2D eigenvalue weighted by molar-refractivity contribution is 5.83. The highest BCUT2D eigenvalue weighted by Crippen LogP contribution is 2.41. The Labute approximate surface area is 98.6 Å². The van der Waals surface area contributed by atoms with Crippen LogP contribution in [0.2, 0.25) is 0 Å². The number of nitrogens with one attached hydrogen (secondary N) is 1. The van der Waals surface area contributed by atoms with Crippen LogP contribution in [0.3, 0.4) is 0 Å². The smallest absolute Gasteiger partial charge is 0.226 e. The Balaban J connectivity index is 2.43. The molecule has 1 rings (SSSR count). The molecule has 3 nitrogen and oxygen atoms in total. The third-order valence-corrected chi connectivity index (χ3v) is 3.89. The van der Waals surface area contributed by atoms with Crippen molar-refractivity contribution < 1.29 is 9.90 Å². The Morgan fingerprint density at radius 1 is 1.44 bits per heavy atom. The molecule has 0 saturated heterocycles. The Morgan fingerprint density at radius 3 is 2.56 bits per heavy atom. The van der Waals surface area contributed by atoms with Gasteiger partial charge in [-0.3, -0.25) is 4.79 Å². The van der Waals surface area contributed by atoms with E-state index >= 15 is 0 Å². The van der Waals surface area contributed by atoms with Gasteiger partial charge in [-0.15, -0.1) is 0 Å². The fraction of sp³-hybridized carbons (Fsp3) is 0.923. The second kappa shape index (κ2) is 6.24.